The summed E-state index contributed by atoms with van der Waals surface area (Å²) >= 11 is 6.20. The minimum atomic E-state index is 0.0566. The van der Waals surface area contributed by atoms with E-state index in [0.29, 0.717) is 0 Å². The van der Waals surface area contributed by atoms with Crippen LogP contribution in [0, 0.1) is 0 Å². The molecule has 0 heterocycles. The van der Waals surface area contributed by atoms with E-state index < -0.39 is 0 Å². The molecule has 0 saturated heterocycles. The van der Waals surface area contributed by atoms with Crippen molar-refractivity contribution in [3.8, 4) is 0 Å². The molecule has 0 aliphatic carbocycles. The fourth-order valence-corrected chi connectivity index (χ4v) is 2.56. The lowest BCUT2D eigenvalue weighted by atomic mass is 9.92. The van der Waals surface area contributed by atoms with Crippen LogP contribution in [0.3, 0.4) is 0 Å². The summed E-state index contributed by atoms with van der Waals surface area (Å²) in [5.41, 5.74) is 3.59. The van der Waals surface area contributed by atoms with Gasteiger partial charge in [0.05, 0.1) is 6.61 Å². The predicted molar refractivity (Wildman–Crippen MR) is 80.8 cm³/mol. The maximum atomic E-state index is 9.61. The minimum absolute atomic E-state index is 0.0566. The fraction of sp³-hybridized carbons (Fsp3) is 0.294. The van der Waals surface area contributed by atoms with Crippen molar-refractivity contribution in [1.82, 2.24) is 0 Å². The van der Waals surface area contributed by atoms with Gasteiger partial charge in [0.1, 0.15) is 0 Å². The molecule has 100 valence electrons. The van der Waals surface area contributed by atoms with E-state index in [2.05, 4.69) is 31.2 Å². The van der Waals surface area contributed by atoms with Crippen LogP contribution in [0.25, 0.3) is 0 Å². The van der Waals surface area contributed by atoms with Crippen LogP contribution in [0.2, 0.25) is 5.02 Å². The van der Waals surface area contributed by atoms with Crippen LogP contribution in [-0.2, 0) is 12.8 Å². The van der Waals surface area contributed by atoms with Crippen LogP contribution in [0.15, 0.2) is 48.5 Å². The summed E-state index contributed by atoms with van der Waals surface area (Å²) in [6, 6.07) is 16.3. The lowest BCUT2D eigenvalue weighted by Gasteiger charge is -2.16. The van der Waals surface area contributed by atoms with E-state index in [0.717, 1.165) is 23.4 Å². The molecule has 0 aliphatic heterocycles. The van der Waals surface area contributed by atoms with Crippen molar-refractivity contribution in [2.75, 3.05) is 6.61 Å². The Balaban J connectivity index is 2.17. The predicted octanol–water partition coefficient (Wildman–Crippen LogP) is 4.22. The van der Waals surface area contributed by atoms with Crippen molar-refractivity contribution in [2.45, 2.75) is 25.7 Å². The van der Waals surface area contributed by atoms with Crippen molar-refractivity contribution >= 4 is 11.6 Å². The Morgan fingerprint density at radius 2 is 1.63 bits per heavy atom. The maximum Gasteiger partial charge on any atom is 0.0503 e. The van der Waals surface area contributed by atoms with Crippen molar-refractivity contribution in [3.63, 3.8) is 0 Å². The highest BCUT2D eigenvalue weighted by molar-refractivity contribution is 6.31. The Labute approximate surface area is 119 Å². The zero-order valence-corrected chi connectivity index (χ0v) is 11.9. The van der Waals surface area contributed by atoms with Gasteiger partial charge in [0, 0.05) is 10.9 Å². The molecule has 19 heavy (non-hydrogen) atoms. The summed E-state index contributed by atoms with van der Waals surface area (Å²) in [5, 5.41) is 10.3. The van der Waals surface area contributed by atoms with Gasteiger partial charge in [-0.05, 0) is 35.6 Å². The van der Waals surface area contributed by atoms with Crippen LogP contribution in [0.1, 0.15) is 29.5 Å². The lowest BCUT2D eigenvalue weighted by molar-refractivity contribution is 0.264. The Bertz CT molecular complexity index is 519. The molecule has 0 bridgehead atoms. The van der Waals surface area contributed by atoms with Gasteiger partial charge in [-0.3, -0.25) is 0 Å². The van der Waals surface area contributed by atoms with Gasteiger partial charge in [-0.1, -0.05) is 61.0 Å². The van der Waals surface area contributed by atoms with Crippen LogP contribution >= 0.6 is 11.6 Å². The smallest absolute Gasteiger partial charge is 0.0503 e. The van der Waals surface area contributed by atoms with E-state index in [9.17, 15) is 5.11 Å². The zero-order valence-electron chi connectivity index (χ0n) is 11.1. The molecule has 0 aromatic heterocycles. The van der Waals surface area contributed by atoms with E-state index in [1.807, 2.05) is 24.3 Å². The molecule has 0 radical (unpaired) electrons. The van der Waals surface area contributed by atoms with E-state index >= 15 is 0 Å². The summed E-state index contributed by atoms with van der Waals surface area (Å²) in [7, 11) is 0. The second kappa shape index (κ2) is 6.74. The summed E-state index contributed by atoms with van der Waals surface area (Å²) in [6.45, 7) is 2.26. The second-order valence-electron chi connectivity index (χ2n) is 4.78. The Hall–Kier alpha value is -1.31. The summed E-state index contributed by atoms with van der Waals surface area (Å²) in [4.78, 5) is 0. The molecule has 0 saturated carbocycles. The second-order valence-corrected chi connectivity index (χ2v) is 5.18. The Kier molecular flexibility index (Phi) is 5.00. The fourth-order valence-electron chi connectivity index (χ4n) is 2.27. The molecule has 2 rings (SSSR count). The van der Waals surface area contributed by atoms with Gasteiger partial charge >= 0.3 is 0 Å². The average molecular weight is 275 g/mol. The third-order valence-corrected chi connectivity index (χ3v) is 3.82. The van der Waals surface area contributed by atoms with Crippen LogP contribution in [-0.4, -0.2) is 11.7 Å². The molecular weight excluding hydrogens is 256 g/mol. The number of halogens is 1. The number of aliphatic hydroxyl groups excluding tert-OH is 1. The number of aliphatic hydroxyl groups is 1. The lowest BCUT2D eigenvalue weighted by Crippen LogP contribution is -2.08. The first-order valence-corrected chi connectivity index (χ1v) is 7.05. The maximum absolute atomic E-state index is 9.61. The van der Waals surface area contributed by atoms with Crippen molar-refractivity contribution in [1.29, 1.82) is 0 Å². The number of rotatable bonds is 5. The minimum Gasteiger partial charge on any atom is -0.396 e. The SMILES string of the molecule is CCc1ccc(CC(CO)c2ccccc2Cl)cc1. The van der Waals surface area contributed by atoms with E-state index in [1.54, 1.807) is 0 Å². The standard InChI is InChI=1S/C17H19ClO/c1-2-13-7-9-14(10-8-13)11-15(12-19)16-5-3-4-6-17(16)18/h3-10,15,19H,2,11-12H2,1H3. The van der Waals surface area contributed by atoms with Crippen LogP contribution in [0.4, 0.5) is 0 Å². The molecule has 0 amide bonds. The molecule has 2 aromatic carbocycles. The van der Waals surface area contributed by atoms with Gasteiger partial charge in [-0.25, -0.2) is 0 Å². The summed E-state index contributed by atoms with van der Waals surface area (Å²) in [6.07, 6.45) is 1.86. The first-order chi connectivity index (χ1) is 9.24. The highest BCUT2D eigenvalue weighted by Gasteiger charge is 2.14. The molecule has 1 N–H and O–H groups in total. The topological polar surface area (TPSA) is 20.2 Å². The van der Waals surface area contributed by atoms with Gasteiger partial charge in [0.15, 0.2) is 0 Å². The molecule has 1 unspecified atom stereocenters. The third kappa shape index (κ3) is 3.59. The van der Waals surface area contributed by atoms with E-state index in [-0.39, 0.29) is 12.5 Å². The van der Waals surface area contributed by atoms with E-state index in [1.165, 1.54) is 11.1 Å². The highest BCUT2D eigenvalue weighted by Crippen LogP contribution is 2.27. The largest absolute Gasteiger partial charge is 0.396 e. The normalized spacial score (nSPS) is 12.4. The van der Waals surface area contributed by atoms with Crippen molar-refractivity contribution in [2.24, 2.45) is 0 Å². The monoisotopic (exact) mass is 274 g/mol. The Morgan fingerprint density at radius 3 is 2.21 bits per heavy atom. The molecule has 0 fully saturated rings. The molecule has 1 atom stereocenters. The molecule has 2 heteroatoms. The molecular formula is C17H19ClO. The third-order valence-electron chi connectivity index (χ3n) is 3.48. The number of hydrogen-bond acceptors (Lipinski definition) is 1. The number of hydrogen-bond donors (Lipinski definition) is 1. The van der Waals surface area contributed by atoms with Crippen molar-refractivity contribution < 1.29 is 5.11 Å². The molecule has 1 nitrogen and oxygen atoms in total. The van der Waals surface area contributed by atoms with Gasteiger partial charge in [0.2, 0.25) is 0 Å². The van der Waals surface area contributed by atoms with Gasteiger partial charge < -0.3 is 5.11 Å². The number of benzene rings is 2. The van der Waals surface area contributed by atoms with Gasteiger partial charge in [-0.2, -0.15) is 0 Å². The summed E-state index contributed by atoms with van der Waals surface area (Å²) in [5.74, 6) is 0.0566. The zero-order chi connectivity index (χ0) is 13.7. The Morgan fingerprint density at radius 1 is 1.00 bits per heavy atom. The average Bonchev–Trinajstić information content (AvgIpc) is 2.46. The quantitative estimate of drug-likeness (QED) is 0.865. The van der Waals surface area contributed by atoms with Crippen LogP contribution < -0.4 is 0 Å². The first-order valence-electron chi connectivity index (χ1n) is 6.67. The van der Waals surface area contributed by atoms with Gasteiger partial charge in [0.25, 0.3) is 0 Å². The first kappa shape index (κ1) is 14.1. The number of aryl methyl sites for hydroxylation is 1. The van der Waals surface area contributed by atoms with Crippen LogP contribution in [0.5, 0.6) is 0 Å². The molecule has 0 spiro atoms. The van der Waals surface area contributed by atoms with E-state index in [4.69, 9.17) is 11.6 Å². The highest BCUT2D eigenvalue weighted by atomic mass is 35.5. The van der Waals surface area contributed by atoms with Crippen molar-refractivity contribution in [3.05, 3.63) is 70.2 Å². The molecule has 0 aliphatic rings. The molecule has 2 aromatic rings. The summed E-state index contributed by atoms with van der Waals surface area (Å²) < 4.78 is 0. The van der Waals surface area contributed by atoms with Gasteiger partial charge in [-0.15, -0.1) is 0 Å².